The number of furan rings is 2. The lowest BCUT2D eigenvalue weighted by Gasteiger charge is -2.28. The quantitative estimate of drug-likeness (QED) is 0.383. The highest BCUT2D eigenvalue weighted by Crippen LogP contribution is 2.28. The summed E-state index contributed by atoms with van der Waals surface area (Å²) in [7, 11) is 0. The van der Waals surface area contributed by atoms with Gasteiger partial charge in [0.1, 0.15) is 48.0 Å². The van der Waals surface area contributed by atoms with Crippen LogP contribution in [0.2, 0.25) is 0 Å². The molecule has 0 unspecified atom stereocenters. The van der Waals surface area contributed by atoms with E-state index in [1.807, 2.05) is 36.4 Å². The van der Waals surface area contributed by atoms with E-state index in [1.165, 1.54) is 11.1 Å². The second-order valence-corrected chi connectivity index (χ2v) is 9.10. The molecule has 4 heterocycles. The molecule has 0 N–H and O–H groups in total. The highest BCUT2D eigenvalue weighted by Gasteiger charge is 2.21. The molecule has 6 rings (SSSR count). The predicted octanol–water partition coefficient (Wildman–Crippen LogP) is 5.48. The Morgan fingerprint density at radius 3 is 2.00 bits per heavy atom. The summed E-state index contributed by atoms with van der Waals surface area (Å²) in [4.78, 5) is 4.49. The van der Waals surface area contributed by atoms with Crippen molar-refractivity contribution < 1.29 is 18.3 Å². The van der Waals surface area contributed by atoms with E-state index >= 15 is 0 Å². The fraction of sp³-hybridized carbons (Fsp3) is 0.286. The molecule has 2 aromatic heterocycles. The highest BCUT2D eigenvalue weighted by molar-refractivity contribution is 5.35. The van der Waals surface area contributed by atoms with Gasteiger partial charge in [0.05, 0.1) is 19.5 Å². The fourth-order valence-corrected chi connectivity index (χ4v) is 4.68. The zero-order valence-electron chi connectivity index (χ0n) is 19.3. The topological polar surface area (TPSA) is 51.2 Å². The van der Waals surface area contributed by atoms with Gasteiger partial charge in [0.25, 0.3) is 0 Å². The van der Waals surface area contributed by atoms with E-state index in [0.717, 1.165) is 59.7 Å². The standard InChI is InChI=1S/C28H28N2O4/c1-20-12-25(34-28(20)17-30-15-22-7-3-5-9-27(22)32-19-30)13-23-10-11-24(33-23)16-29-14-21-6-2-4-8-26(21)31-18-29/h2-12H,13-19H2,1H3. The zero-order chi connectivity index (χ0) is 22.9. The average Bonchev–Trinajstić information content (AvgIpc) is 3.44. The number of benzene rings is 2. The summed E-state index contributed by atoms with van der Waals surface area (Å²) in [6, 6.07) is 22.6. The molecule has 0 aliphatic carbocycles. The second kappa shape index (κ2) is 9.05. The number of ether oxygens (including phenoxy) is 2. The van der Waals surface area contributed by atoms with E-state index in [2.05, 4.69) is 47.1 Å². The lowest BCUT2D eigenvalue weighted by Crippen LogP contribution is -2.31. The fourth-order valence-electron chi connectivity index (χ4n) is 4.68. The van der Waals surface area contributed by atoms with Crippen molar-refractivity contribution in [1.82, 2.24) is 9.80 Å². The summed E-state index contributed by atoms with van der Waals surface area (Å²) < 4.78 is 24.1. The maximum Gasteiger partial charge on any atom is 0.142 e. The summed E-state index contributed by atoms with van der Waals surface area (Å²) >= 11 is 0. The van der Waals surface area contributed by atoms with Gasteiger partial charge in [-0.15, -0.1) is 0 Å². The van der Waals surface area contributed by atoms with E-state index in [9.17, 15) is 0 Å². The predicted molar refractivity (Wildman–Crippen MR) is 127 cm³/mol. The maximum absolute atomic E-state index is 6.22. The molecule has 4 aromatic rings. The zero-order valence-corrected chi connectivity index (χ0v) is 19.3. The molecule has 34 heavy (non-hydrogen) atoms. The Labute approximate surface area is 199 Å². The second-order valence-electron chi connectivity index (χ2n) is 9.10. The van der Waals surface area contributed by atoms with Crippen molar-refractivity contribution in [1.29, 1.82) is 0 Å². The van der Waals surface area contributed by atoms with E-state index in [4.69, 9.17) is 18.3 Å². The molecule has 0 fully saturated rings. The number of aryl methyl sites for hydroxylation is 1. The van der Waals surface area contributed by atoms with Gasteiger partial charge >= 0.3 is 0 Å². The molecule has 6 heteroatoms. The van der Waals surface area contributed by atoms with Crippen LogP contribution >= 0.6 is 0 Å². The molecule has 0 amide bonds. The Kier molecular flexibility index (Phi) is 5.61. The first-order chi connectivity index (χ1) is 16.7. The molecule has 6 nitrogen and oxygen atoms in total. The lowest BCUT2D eigenvalue weighted by molar-refractivity contribution is 0.0814. The largest absolute Gasteiger partial charge is 0.478 e. The summed E-state index contributed by atoms with van der Waals surface area (Å²) in [6.07, 6.45) is 0.638. The molecule has 0 saturated carbocycles. The Hall–Kier alpha value is -3.48. The van der Waals surface area contributed by atoms with Gasteiger partial charge in [0.2, 0.25) is 0 Å². The van der Waals surface area contributed by atoms with Crippen molar-refractivity contribution >= 4 is 0 Å². The van der Waals surface area contributed by atoms with Crippen LogP contribution in [-0.2, 0) is 32.6 Å². The number of fused-ring (bicyclic) bond motifs is 2. The first-order valence-corrected chi connectivity index (χ1v) is 11.7. The van der Waals surface area contributed by atoms with Gasteiger partial charge in [0.15, 0.2) is 0 Å². The van der Waals surface area contributed by atoms with Crippen molar-refractivity contribution in [3.05, 3.63) is 106 Å². The Morgan fingerprint density at radius 2 is 1.29 bits per heavy atom. The van der Waals surface area contributed by atoms with Crippen LogP contribution in [0.3, 0.4) is 0 Å². The monoisotopic (exact) mass is 456 g/mol. The van der Waals surface area contributed by atoms with E-state index in [0.29, 0.717) is 26.4 Å². The molecular weight excluding hydrogens is 428 g/mol. The molecule has 2 aliphatic rings. The van der Waals surface area contributed by atoms with Crippen LogP contribution in [-0.4, -0.2) is 23.3 Å². The van der Waals surface area contributed by atoms with Gasteiger partial charge in [-0.25, -0.2) is 0 Å². The molecule has 0 saturated heterocycles. The van der Waals surface area contributed by atoms with Gasteiger partial charge < -0.3 is 18.3 Å². The van der Waals surface area contributed by atoms with Crippen LogP contribution < -0.4 is 9.47 Å². The van der Waals surface area contributed by atoms with E-state index in [-0.39, 0.29) is 0 Å². The minimum atomic E-state index is 0.568. The minimum Gasteiger partial charge on any atom is -0.478 e. The number of hydrogen-bond acceptors (Lipinski definition) is 6. The van der Waals surface area contributed by atoms with Crippen LogP contribution in [0.4, 0.5) is 0 Å². The third-order valence-corrected chi connectivity index (χ3v) is 6.42. The number of hydrogen-bond donors (Lipinski definition) is 0. The third-order valence-electron chi connectivity index (χ3n) is 6.42. The smallest absolute Gasteiger partial charge is 0.142 e. The van der Waals surface area contributed by atoms with Crippen molar-refractivity contribution in [3.8, 4) is 11.5 Å². The molecule has 0 radical (unpaired) electrons. The van der Waals surface area contributed by atoms with Crippen LogP contribution in [0.5, 0.6) is 11.5 Å². The van der Waals surface area contributed by atoms with E-state index < -0.39 is 0 Å². The normalized spacial score (nSPS) is 15.9. The van der Waals surface area contributed by atoms with Crippen LogP contribution in [0.15, 0.2) is 75.6 Å². The van der Waals surface area contributed by atoms with Crippen LogP contribution in [0.1, 0.15) is 39.7 Å². The van der Waals surface area contributed by atoms with Gasteiger partial charge in [-0.3, -0.25) is 9.80 Å². The number of nitrogens with zero attached hydrogens (tertiary/aromatic N) is 2. The van der Waals surface area contributed by atoms with Crippen molar-refractivity contribution in [2.45, 2.75) is 39.5 Å². The SMILES string of the molecule is Cc1cc(Cc2ccc(CN3COc4ccccc4C3)o2)oc1CN1COc2ccccc2C1. The molecule has 0 atom stereocenters. The van der Waals surface area contributed by atoms with Gasteiger partial charge in [-0.2, -0.15) is 0 Å². The van der Waals surface area contributed by atoms with Crippen molar-refractivity contribution in [3.63, 3.8) is 0 Å². The Bertz CT molecular complexity index is 1290. The third kappa shape index (κ3) is 4.47. The first kappa shape index (κ1) is 21.1. The summed E-state index contributed by atoms with van der Waals surface area (Å²) in [5.41, 5.74) is 3.58. The average molecular weight is 457 g/mol. The maximum atomic E-state index is 6.22. The number of para-hydroxylation sites is 2. The van der Waals surface area contributed by atoms with Crippen LogP contribution in [0, 0.1) is 6.92 Å². The molecule has 0 bridgehead atoms. The summed E-state index contributed by atoms with van der Waals surface area (Å²) in [5.74, 6) is 5.69. The summed E-state index contributed by atoms with van der Waals surface area (Å²) in [6.45, 7) is 6.39. The lowest BCUT2D eigenvalue weighted by atomic mass is 10.1. The van der Waals surface area contributed by atoms with Crippen LogP contribution in [0.25, 0.3) is 0 Å². The highest BCUT2D eigenvalue weighted by atomic mass is 16.5. The van der Waals surface area contributed by atoms with Gasteiger partial charge in [0, 0.05) is 24.2 Å². The summed E-state index contributed by atoms with van der Waals surface area (Å²) in [5, 5.41) is 0. The number of rotatable bonds is 6. The van der Waals surface area contributed by atoms with Crippen molar-refractivity contribution in [2.75, 3.05) is 13.5 Å². The minimum absolute atomic E-state index is 0.568. The van der Waals surface area contributed by atoms with Crippen molar-refractivity contribution in [2.24, 2.45) is 0 Å². The molecule has 2 aliphatic heterocycles. The first-order valence-electron chi connectivity index (χ1n) is 11.7. The van der Waals surface area contributed by atoms with E-state index in [1.54, 1.807) is 0 Å². The Morgan fingerprint density at radius 1 is 0.676 bits per heavy atom. The van der Waals surface area contributed by atoms with Gasteiger partial charge in [-0.05, 0) is 42.8 Å². The van der Waals surface area contributed by atoms with Gasteiger partial charge in [-0.1, -0.05) is 36.4 Å². The Balaban J connectivity index is 1.07. The molecule has 174 valence electrons. The molecule has 2 aromatic carbocycles. The molecular formula is C28H28N2O4. The molecule has 0 spiro atoms.